The first kappa shape index (κ1) is 16.1. The molecular weight excluding hydrogens is 282 g/mol. The van der Waals surface area contributed by atoms with Gasteiger partial charge in [-0.05, 0) is 18.6 Å². The molecule has 6 heteroatoms. The highest BCUT2D eigenvalue weighted by atomic mass is 16.5. The molecule has 2 rings (SSSR count). The van der Waals surface area contributed by atoms with Crippen molar-refractivity contribution in [3.63, 3.8) is 0 Å². The van der Waals surface area contributed by atoms with Gasteiger partial charge in [0.2, 0.25) is 5.91 Å². The van der Waals surface area contributed by atoms with Crippen LogP contribution in [0.5, 0.6) is 5.75 Å². The second-order valence-corrected chi connectivity index (χ2v) is 5.23. The number of hydrogen-bond donors (Lipinski definition) is 1. The zero-order valence-corrected chi connectivity index (χ0v) is 13.2. The van der Waals surface area contributed by atoms with Gasteiger partial charge in [0, 0.05) is 19.6 Å². The third-order valence-electron chi connectivity index (χ3n) is 3.66. The molecule has 0 unspecified atom stereocenters. The third-order valence-corrected chi connectivity index (χ3v) is 3.66. The normalized spacial score (nSPS) is 14.4. The number of benzene rings is 1. The number of methoxy groups -OCH3 is 1. The molecule has 1 aliphatic heterocycles. The van der Waals surface area contributed by atoms with Crippen LogP contribution in [0.15, 0.2) is 24.3 Å². The van der Waals surface area contributed by atoms with Gasteiger partial charge in [-0.2, -0.15) is 0 Å². The van der Waals surface area contributed by atoms with Crippen molar-refractivity contribution in [2.75, 3.05) is 38.2 Å². The number of ether oxygens (including phenoxy) is 1. The summed E-state index contributed by atoms with van der Waals surface area (Å²) in [6.07, 6.45) is 1.98. The number of hydrogen-bond acceptors (Lipinski definition) is 3. The maximum Gasteiger partial charge on any atom is 0.325 e. The first-order valence-corrected chi connectivity index (χ1v) is 7.63. The van der Waals surface area contributed by atoms with Crippen LogP contribution in [0.2, 0.25) is 0 Å². The van der Waals surface area contributed by atoms with Crippen LogP contribution in [0.4, 0.5) is 10.5 Å². The molecule has 3 amide bonds. The van der Waals surface area contributed by atoms with Gasteiger partial charge < -0.3 is 15.0 Å². The molecule has 22 heavy (non-hydrogen) atoms. The quantitative estimate of drug-likeness (QED) is 0.782. The van der Waals surface area contributed by atoms with E-state index in [4.69, 9.17) is 4.74 Å². The summed E-state index contributed by atoms with van der Waals surface area (Å²) >= 11 is 0. The predicted octanol–water partition coefficient (Wildman–Crippen LogP) is 1.85. The molecule has 120 valence electrons. The maximum atomic E-state index is 12.5. The van der Waals surface area contributed by atoms with Crippen molar-refractivity contribution >= 4 is 17.6 Å². The minimum Gasteiger partial charge on any atom is -0.495 e. The van der Waals surface area contributed by atoms with Gasteiger partial charge in [0.05, 0.1) is 12.8 Å². The number of unbranched alkanes of at least 4 members (excludes halogenated alkanes) is 1. The molecule has 1 aromatic rings. The Hall–Kier alpha value is -2.24. The van der Waals surface area contributed by atoms with Crippen molar-refractivity contribution in [3.8, 4) is 5.75 Å². The highest BCUT2D eigenvalue weighted by molar-refractivity contribution is 5.97. The third kappa shape index (κ3) is 3.69. The van der Waals surface area contributed by atoms with Crippen molar-refractivity contribution in [3.05, 3.63) is 24.3 Å². The van der Waals surface area contributed by atoms with Crippen LogP contribution in [-0.4, -0.2) is 50.1 Å². The van der Waals surface area contributed by atoms with E-state index in [0.29, 0.717) is 25.4 Å². The zero-order valence-electron chi connectivity index (χ0n) is 13.2. The Labute approximate surface area is 131 Å². The molecule has 0 atom stereocenters. The smallest absolute Gasteiger partial charge is 0.325 e. The lowest BCUT2D eigenvalue weighted by Gasteiger charge is -2.20. The number of rotatable bonds is 7. The number of anilines is 1. The highest BCUT2D eigenvalue weighted by Crippen LogP contribution is 2.30. The van der Waals surface area contributed by atoms with Crippen LogP contribution >= 0.6 is 0 Å². The Morgan fingerprint density at radius 3 is 2.82 bits per heavy atom. The van der Waals surface area contributed by atoms with Gasteiger partial charge in [0.15, 0.2) is 0 Å². The average molecular weight is 305 g/mol. The molecule has 1 N–H and O–H groups in total. The van der Waals surface area contributed by atoms with Crippen LogP contribution in [0, 0.1) is 0 Å². The molecule has 0 radical (unpaired) electrons. The lowest BCUT2D eigenvalue weighted by atomic mass is 10.2. The van der Waals surface area contributed by atoms with Crippen molar-refractivity contribution in [2.45, 2.75) is 19.8 Å². The Kier molecular flexibility index (Phi) is 5.63. The number of carbonyl (C=O) groups excluding carboxylic acids is 2. The van der Waals surface area contributed by atoms with Gasteiger partial charge in [0.1, 0.15) is 12.3 Å². The van der Waals surface area contributed by atoms with E-state index in [-0.39, 0.29) is 18.5 Å². The van der Waals surface area contributed by atoms with Crippen LogP contribution < -0.4 is 15.0 Å². The van der Waals surface area contributed by atoms with E-state index in [2.05, 4.69) is 12.2 Å². The summed E-state index contributed by atoms with van der Waals surface area (Å²) in [5, 5.41) is 2.83. The van der Waals surface area contributed by atoms with Gasteiger partial charge in [-0.15, -0.1) is 0 Å². The number of carbonyl (C=O) groups is 2. The summed E-state index contributed by atoms with van der Waals surface area (Å²) in [6.45, 7) is 3.93. The van der Waals surface area contributed by atoms with Gasteiger partial charge in [-0.25, -0.2) is 4.79 Å². The van der Waals surface area contributed by atoms with Gasteiger partial charge >= 0.3 is 6.03 Å². The summed E-state index contributed by atoms with van der Waals surface area (Å²) in [5.74, 6) is 0.550. The van der Waals surface area contributed by atoms with Crippen LogP contribution in [-0.2, 0) is 4.79 Å². The molecular formula is C16H23N3O3. The van der Waals surface area contributed by atoms with E-state index in [9.17, 15) is 9.59 Å². The number of amides is 3. The summed E-state index contributed by atoms with van der Waals surface area (Å²) < 4.78 is 5.30. The SMILES string of the molecule is CCCCNC(=O)CN1CCN(c2ccccc2OC)C1=O. The highest BCUT2D eigenvalue weighted by Gasteiger charge is 2.32. The second kappa shape index (κ2) is 7.68. The fourth-order valence-electron chi connectivity index (χ4n) is 2.44. The molecule has 1 aromatic carbocycles. The number of para-hydroxylation sites is 2. The molecule has 0 saturated carbocycles. The summed E-state index contributed by atoms with van der Waals surface area (Å²) in [6, 6.07) is 7.24. The molecule has 1 fully saturated rings. The van der Waals surface area contributed by atoms with Crippen LogP contribution in [0.25, 0.3) is 0 Å². The van der Waals surface area contributed by atoms with Gasteiger partial charge in [-0.3, -0.25) is 9.69 Å². The first-order chi connectivity index (χ1) is 10.7. The van der Waals surface area contributed by atoms with Gasteiger partial charge in [-0.1, -0.05) is 25.5 Å². The Morgan fingerprint density at radius 2 is 2.09 bits per heavy atom. The molecule has 0 bridgehead atoms. The average Bonchev–Trinajstić information content (AvgIpc) is 2.88. The van der Waals surface area contributed by atoms with E-state index in [1.54, 1.807) is 16.9 Å². The van der Waals surface area contributed by atoms with E-state index in [1.807, 2.05) is 24.3 Å². The minimum atomic E-state index is -0.157. The number of nitrogens with zero attached hydrogens (tertiary/aromatic N) is 2. The Morgan fingerprint density at radius 1 is 1.32 bits per heavy atom. The number of urea groups is 1. The van der Waals surface area contributed by atoms with E-state index >= 15 is 0 Å². The van der Waals surface area contributed by atoms with Crippen molar-refractivity contribution < 1.29 is 14.3 Å². The van der Waals surface area contributed by atoms with E-state index in [0.717, 1.165) is 18.5 Å². The molecule has 1 heterocycles. The lowest BCUT2D eigenvalue weighted by molar-refractivity contribution is -0.121. The molecule has 0 spiro atoms. The lowest BCUT2D eigenvalue weighted by Crippen LogP contribution is -2.40. The fourth-order valence-corrected chi connectivity index (χ4v) is 2.44. The minimum absolute atomic E-state index is 0.105. The van der Waals surface area contributed by atoms with Crippen molar-refractivity contribution in [1.29, 1.82) is 0 Å². The fraction of sp³-hybridized carbons (Fsp3) is 0.500. The van der Waals surface area contributed by atoms with E-state index in [1.165, 1.54) is 0 Å². The molecule has 1 saturated heterocycles. The molecule has 0 aliphatic carbocycles. The largest absolute Gasteiger partial charge is 0.495 e. The molecule has 0 aromatic heterocycles. The standard InChI is InChI=1S/C16H23N3O3/c1-3-4-9-17-15(20)12-18-10-11-19(16(18)21)13-7-5-6-8-14(13)22-2/h5-8H,3-4,9-12H2,1-2H3,(H,17,20). The van der Waals surface area contributed by atoms with Gasteiger partial charge in [0.25, 0.3) is 0 Å². The van der Waals surface area contributed by atoms with Crippen molar-refractivity contribution in [2.24, 2.45) is 0 Å². The molecule has 6 nitrogen and oxygen atoms in total. The maximum absolute atomic E-state index is 12.5. The van der Waals surface area contributed by atoms with Crippen LogP contribution in [0.3, 0.4) is 0 Å². The van der Waals surface area contributed by atoms with E-state index < -0.39 is 0 Å². The Bertz CT molecular complexity index is 533. The topological polar surface area (TPSA) is 61.9 Å². The number of nitrogens with one attached hydrogen (secondary N) is 1. The first-order valence-electron chi connectivity index (χ1n) is 7.63. The zero-order chi connectivity index (χ0) is 15.9. The Balaban J connectivity index is 1.96. The summed E-state index contributed by atoms with van der Waals surface area (Å²) in [4.78, 5) is 27.5. The monoisotopic (exact) mass is 305 g/mol. The van der Waals surface area contributed by atoms with Crippen LogP contribution in [0.1, 0.15) is 19.8 Å². The van der Waals surface area contributed by atoms with Crippen molar-refractivity contribution in [1.82, 2.24) is 10.2 Å². The second-order valence-electron chi connectivity index (χ2n) is 5.23. The summed E-state index contributed by atoms with van der Waals surface area (Å²) in [7, 11) is 1.58. The molecule has 1 aliphatic rings. The predicted molar refractivity (Wildman–Crippen MR) is 85.2 cm³/mol. The summed E-state index contributed by atoms with van der Waals surface area (Å²) in [5.41, 5.74) is 0.740.